The van der Waals surface area contributed by atoms with Gasteiger partial charge in [-0.2, -0.15) is 5.10 Å². The highest BCUT2D eigenvalue weighted by molar-refractivity contribution is 7.89. The van der Waals surface area contributed by atoms with Crippen molar-refractivity contribution in [2.45, 2.75) is 63.3 Å². The second-order valence-corrected chi connectivity index (χ2v) is 10.9. The molecule has 2 heterocycles. The highest BCUT2D eigenvalue weighted by atomic mass is 32.2. The molecule has 1 aliphatic carbocycles. The van der Waals surface area contributed by atoms with Crippen LogP contribution in [0.1, 0.15) is 50.4 Å². The smallest absolute Gasteiger partial charge is 0.240 e. The van der Waals surface area contributed by atoms with Crippen molar-refractivity contribution in [1.82, 2.24) is 19.5 Å². The number of fused-ring (bicyclic) bond motifs is 1. The SMILES string of the molecule is CC(C)(C)c1ccc(S(=O)(=O)NCCn2nc(-c3ccncc3)c3c2CCCC3)cc1. The summed E-state index contributed by atoms with van der Waals surface area (Å²) in [6, 6.07) is 11.1. The predicted octanol–water partition coefficient (Wildman–Crippen LogP) is 4.10. The molecule has 31 heavy (non-hydrogen) atoms. The van der Waals surface area contributed by atoms with Crippen molar-refractivity contribution in [3.63, 3.8) is 0 Å². The van der Waals surface area contributed by atoms with Crippen molar-refractivity contribution in [2.75, 3.05) is 6.54 Å². The Morgan fingerprint density at radius 3 is 2.35 bits per heavy atom. The molecule has 0 bridgehead atoms. The molecule has 0 saturated heterocycles. The molecule has 0 amide bonds. The number of sulfonamides is 1. The van der Waals surface area contributed by atoms with E-state index in [0.717, 1.165) is 42.5 Å². The molecular weight excluding hydrogens is 408 g/mol. The van der Waals surface area contributed by atoms with Crippen molar-refractivity contribution in [2.24, 2.45) is 0 Å². The average molecular weight is 439 g/mol. The summed E-state index contributed by atoms with van der Waals surface area (Å²) in [5.74, 6) is 0. The van der Waals surface area contributed by atoms with Crippen molar-refractivity contribution >= 4 is 10.0 Å². The number of rotatable bonds is 6. The molecule has 0 unspecified atom stereocenters. The van der Waals surface area contributed by atoms with Crippen molar-refractivity contribution in [3.05, 3.63) is 65.6 Å². The first-order chi connectivity index (χ1) is 14.8. The first-order valence-corrected chi connectivity index (χ1v) is 12.3. The Bertz CT molecular complexity index is 1140. The van der Waals surface area contributed by atoms with E-state index >= 15 is 0 Å². The monoisotopic (exact) mass is 438 g/mol. The van der Waals surface area contributed by atoms with Gasteiger partial charge in [0.15, 0.2) is 0 Å². The molecule has 0 atom stereocenters. The van der Waals surface area contributed by atoms with Crippen molar-refractivity contribution in [1.29, 1.82) is 0 Å². The van der Waals surface area contributed by atoms with Gasteiger partial charge in [0.25, 0.3) is 0 Å². The number of hydrogen-bond donors (Lipinski definition) is 1. The lowest BCUT2D eigenvalue weighted by Gasteiger charge is -2.19. The minimum Gasteiger partial charge on any atom is -0.267 e. The van der Waals surface area contributed by atoms with Crippen LogP contribution < -0.4 is 4.72 Å². The van der Waals surface area contributed by atoms with Crippen LogP contribution in [0.4, 0.5) is 0 Å². The van der Waals surface area contributed by atoms with Gasteiger partial charge in [0, 0.05) is 35.8 Å². The summed E-state index contributed by atoms with van der Waals surface area (Å²) < 4.78 is 30.2. The van der Waals surface area contributed by atoms with Crippen LogP contribution in [0.15, 0.2) is 53.7 Å². The topological polar surface area (TPSA) is 76.9 Å². The molecular formula is C24H30N4O2S. The van der Waals surface area contributed by atoms with Crippen LogP contribution >= 0.6 is 0 Å². The van der Waals surface area contributed by atoms with Crippen LogP contribution in [-0.4, -0.2) is 29.7 Å². The van der Waals surface area contributed by atoms with Gasteiger partial charge in [0.05, 0.1) is 17.1 Å². The van der Waals surface area contributed by atoms with Gasteiger partial charge < -0.3 is 0 Å². The normalized spacial score (nSPS) is 14.4. The Balaban J connectivity index is 1.49. The van der Waals surface area contributed by atoms with E-state index in [2.05, 4.69) is 30.5 Å². The van der Waals surface area contributed by atoms with Gasteiger partial charge in [-0.25, -0.2) is 13.1 Å². The van der Waals surface area contributed by atoms with E-state index in [1.54, 1.807) is 24.5 Å². The van der Waals surface area contributed by atoms with E-state index in [9.17, 15) is 8.42 Å². The maximum absolute atomic E-state index is 12.8. The first-order valence-electron chi connectivity index (χ1n) is 10.8. The number of hydrogen-bond acceptors (Lipinski definition) is 4. The minimum absolute atomic E-state index is 0.0125. The first kappa shape index (κ1) is 21.7. The zero-order valence-corrected chi connectivity index (χ0v) is 19.2. The molecule has 3 aromatic rings. The fourth-order valence-corrected chi connectivity index (χ4v) is 5.12. The van der Waals surface area contributed by atoms with Gasteiger partial charge in [-0.15, -0.1) is 0 Å². The molecule has 1 aromatic carbocycles. The molecule has 0 saturated carbocycles. The van der Waals surface area contributed by atoms with Crippen LogP contribution in [0.2, 0.25) is 0 Å². The van der Waals surface area contributed by atoms with Crippen LogP contribution in [0, 0.1) is 0 Å². The van der Waals surface area contributed by atoms with Gasteiger partial charge >= 0.3 is 0 Å². The zero-order chi connectivity index (χ0) is 22.1. The summed E-state index contributed by atoms with van der Waals surface area (Å²) in [5, 5.41) is 4.85. The van der Waals surface area contributed by atoms with Gasteiger partial charge in [-0.05, 0) is 60.9 Å². The van der Waals surface area contributed by atoms with Crippen LogP contribution in [0.3, 0.4) is 0 Å². The predicted molar refractivity (Wildman–Crippen MR) is 122 cm³/mol. The average Bonchev–Trinajstić information content (AvgIpc) is 3.13. The quantitative estimate of drug-likeness (QED) is 0.629. The lowest BCUT2D eigenvalue weighted by atomic mass is 9.87. The van der Waals surface area contributed by atoms with Gasteiger partial charge in [0.2, 0.25) is 10.0 Å². The second-order valence-electron chi connectivity index (χ2n) is 9.11. The molecule has 0 radical (unpaired) electrons. The second kappa shape index (κ2) is 8.55. The number of aromatic nitrogens is 3. The minimum atomic E-state index is -3.56. The molecule has 7 heteroatoms. The van der Waals surface area contributed by atoms with Crippen LogP contribution in [0.5, 0.6) is 0 Å². The third-order valence-corrected chi connectivity index (χ3v) is 7.33. The molecule has 1 aliphatic rings. The molecule has 0 aliphatic heterocycles. The highest BCUT2D eigenvalue weighted by Crippen LogP contribution is 2.31. The summed E-state index contributed by atoms with van der Waals surface area (Å²) in [6.07, 6.45) is 7.85. The summed E-state index contributed by atoms with van der Waals surface area (Å²) in [4.78, 5) is 4.39. The summed E-state index contributed by atoms with van der Waals surface area (Å²) >= 11 is 0. The molecule has 1 N–H and O–H groups in total. The van der Waals surface area contributed by atoms with Crippen LogP contribution in [-0.2, 0) is 34.8 Å². The summed E-state index contributed by atoms with van der Waals surface area (Å²) in [5.41, 5.74) is 5.67. The van der Waals surface area contributed by atoms with Crippen molar-refractivity contribution < 1.29 is 8.42 Å². The number of nitrogens with one attached hydrogen (secondary N) is 1. The molecule has 4 rings (SSSR count). The molecule has 2 aromatic heterocycles. The number of benzene rings is 1. The van der Waals surface area contributed by atoms with E-state index in [1.807, 2.05) is 28.9 Å². The fourth-order valence-electron chi connectivity index (χ4n) is 4.10. The lowest BCUT2D eigenvalue weighted by Crippen LogP contribution is -2.28. The van der Waals surface area contributed by atoms with Gasteiger partial charge in [-0.3, -0.25) is 9.67 Å². The standard InChI is InChI=1S/C24H30N4O2S/c1-24(2,3)19-8-10-20(11-9-19)31(29,30)26-16-17-28-22-7-5-4-6-21(22)23(27-28)18-12-14-25-15-13-18/h8-15,26H,4-7,16-17H2,1-3H3. The van der Waals surface area contributed by atoms with E-state index in [1.165, 1.54) is 11.3 Å². The molecule has 0 fully saturated rings. The number of pyridine rings is 1. The number of nitrogens with zero attached hydrogens (tertiary/aromatic N) is 3. The largest absolute Gasteiger partial charge is 0.267 e. The lowest BCUT2D eigenvalue weighted by molar-refractivity contribution is 0.538. The maximum Gasteiger partial charge on any atom is 0.240 e. The highest BCUT2D eigenvalue weighted by Gasteiger charge is 2.22. The summed E-state index contributed by atoms with van der Waals surface area (Å²) in [7, 11) is -3.56. The molecule has 6 nitrogen and oxygen atoms in total. The Labute approximate surface area is 184 Å². The Hall–Kier alpha value is -2.51. The van der Waals surface area contributed by atoms with E-state index < -0.39 is 10.0 Å². The van der Waals surface area contributed by atoms with E-state index in [-0.39, 0.29) is 5.41 Å². The summed E-state index contributed by atoms with van der Waals surface area (Å²) in [6.45, 7) is 7.14. The van der Waals surface area contributed by atoms with Crippen molar-refractivity contribution in [3.8, 4) is 11.3 Å². The van der Waals surface area contributed by atoms with Crippen LogP contribution in [0.25, 0.3) is 11.3 Å². The Morgan fingerprint density at radius 2 is 1.68 bits per heavy atom. The molecule has 0 spiro atoms. The third-order valence-electron chi connectivity index (χ3n) is 5.86. The third kappa shape index (κ3) is 4.72. The maximum atomic E-state index is 12.8. The van der Waals surface area contributed by atoms with E-state index in [4.69, 9.17) is 5.10 Å². The van der Waals surface area contributed by atoms with E-state index in [0.29, 0.717) is 18.0 Å². The zero-order valence-electron chi connectivity index (χ0n) is 18.4. The Morgan fingerprint density at radius 1 is 1.00 bits per heavy atom. The fraction of sp³-hybridized carbons (Fsp3) is 0.417. The molecule has 164 valence electrons. The Kier molecular flexibility index (Phi) is 5.99. The van der Waals surface area contributed by atoms with Gasteiger partial charge in [-0.1, -0.05) is 32.9 Å². The van der Waals surface area contributed by atoms with Gasteiger partial charge in [0.1, 0.15) is 0 Å².